The van der Waals surface area contributed by atoms with E-state index >= 15 is 0 Å². The third-order valence-corrected chi connectivity index (χ3v) is 1.30. The summed E-state index contributed by atoms with van der Waals surface area (Å²) in [5.41, 5.74) is 0. The van der Waals surface area contributed by atoms with Gasteiger partial charge < -0.3 is 1.43 Å². The van der Waals surface area contributed by atoms with Crippen LogP contribution >= 0.6 is 0 Å². The van der Waals surface area contributed by atoms with Crippen LogP contribution < -0.4 is 29.6 Å². The van der Waals surface area contributed by atoms with Crippen LogP contribution in [0.4, 0.5) is 0 Å². The Balaban J connectivity index is 0. The molecule has 0 aromatic carbocycles. The Hall–Kier alpha value is 0.480. The minimum atomic E-state index is 0. The summed E-state index contributed by atoms with van der Waals surface area (Å²) < 4.78 is 0. The maximum atomic E-state index is 2.22. The molecular weight excluding hydrogens is 107 g/mol. The minimum Gasteiger partial charge on any atom is -1.00 e. The molecule has 0 nitrogen and oxygen atoms in total. The van der Waals surface area contributed by atoms with Crippen LogP contribution in [0.15, 0.2) is 24.3 Å². The van der Waals surface area contributed by atoms with E-state index in [1.54, 1.807) is 0 Å². The molecule has 0 aromatic rings. The standard InChI is InChI=1S/C7H10.Na.H/c1-2-7-5-3-4-6-7;;/h3-7H,2H2,1H3;;/q;+1;-1. The van der Waals surface area contributed by atoms with Gasteiger partial charge in [-0.15, -0.1) is 0 Å². The van der Waals surface area contributed by atoms with E-state index < -0.39 is 0 Å². The van der Waals surface area contributed by atoms with E-state index in [4.69, 9.17) is 0 Å². The van der Waals surface area contributed by atoms with Gasteiger partial charge in [0.1, 0.15) is 0 Å². The first kappa shape index (κ1) is 8.48. The average Bonchev–Trinajstić information content (AvgIpc) is 2.14. The Morgan fingerprint density at radius 3 is 2.12 bits per heavy atom. The molecule has 0 spiro atoms. The second-order valence-corrected chi connectivity index (χ2v) is 1.84. The van der Waals surface area contributed by atoms with E-state index in [0.717, 1.165) is 5.92 Å². The molecule has 1 aliphatic rings. The molecule has 0 amide bonds. The predicted octanol–water partition coefficient (Wildman–Crippen LogP) is -0.745. The first-order valence-corrected chi connectivity index (χ1v) is 2.78. The van der Waals surface area contributed by atoms with Gasteiger partial charge in [-0.25, -0.2) is 0 Å². The third kappa shape index (κ3) is 2.17. The zero-order valence-electron chi connectivity index (χ0n) is 6.59. The summed E-state index contributed by atoms with van der Waals surface area (Å²) in [7, 11) is 0. The van der Waals surface area contributed by atoms with Gasteiger partial charge in [-0.2, -0.15) is 0 Å². The molecule has 1 heteroatoms. The molecule has 0 atom stereocenters. The SMILES string of the molecule is CCC1C=CC=C1.[H-].[Na+]. The molecule has 0 aromatic heterocycles. The topological polar surface area (TPSA) is 0 Å². The van der Waals surface area contributed by atoms with Gasteiger partial charge in [0.05, 0.1) is 0 Å². The molecule has 0 saturated carbocycles. The van der Waals surface area contributed by atoms with E-state index in [1.807, 2.05) is 0 Å². The number of hydrogen-bond donors (Lipinski definition) is 0. The van der Waals surface area contributed by atoms with Gasteiger partial charge in [-0.05, 0) is 12.3 Å². The van der Waals surface area contributed by atoms with Crippen LogP contribution in [0.5, 0.6) is 0 Å². The fourth-order valence-electron chi connectivity index (χ4n) is 0.750. The van der Waals surface area contributed by atoms with Gasteiger partial charge in [0.2, 0.25) is 0 Å². The third-order valence-electron chi connectivity index (χ3n) is 1.30. The molecule has 0 N–H and O–H groups in total. The first-order valence-electron chi connectivity index (χ1n) is 2.78. The van der Waals surface area contributed by atoms with Crippen molar-refractivity contribution >= 4 is 0 Å². The molecule has 0 heterocycles. The van der Waals surface area contributed by atoms with Gasteiger partial charge in [0, 0.05) is 0 Å². The van der Waals surface area contributed by atoms with Crippen molar-refractivity contribution in [3.63, 3.8) is 0 Å². The fourth-order valence-corrected chi connectivity index (χ4v) is 0.750. The summed E-state index contributed by atoms with van der Waals surface area (Å²) in [6.45, 7) is 2.20. The Labute approximate surface area is 74.4 Å². The van der Waals surface area contributed by atoms with Crippen molar-refractivity contribution in [3.05, 3.63) is 24.3 Å². The molecule has 0 aliphatic heterocycles. The van der Waals surface area contributed by atoms with Crippen molar-refractivity contribution in [2.75, 3.05) is 0 Å². The van der Waals surface area contributed by atoms with Gasteiger partial charge in [-0.3, -0.25) is 0 Å². The largest absolute Gasteiger partial charge is 1.00 e. The van der Waals surface area contributed by atoms with Crippen LogP contribution in [0.1, 0.15) is 14.8 Å². The molecule has 0 unspecified atom stereocenters. The maximum absolute atomic E-state index is 2.22. The molecule has 0 bridgehead atoms. The zero-order chi connectivity index (χ0) is 5.11. The van der Waals surface area contributed by atoms with Crippen molar-refractivity contribution in [2.45, 2.75) is 13.3 Å². The van der Waals surface area contributed by atoms with Gasteiger partial charge in [-0.1, -0.05) is 31.2 Å². The van der Waals surface area contributed by atoms with Crippen LogP contribution in [-0.4, -0.2) is 0 Å². The Morgan fingerprint density at radius 2 is 1.88 bits per heavy atom. The van der Waals surface area contributed by atoms with Crippen molar-refractivity contribution in [1.29, 1.82) is 0 Å². The summed E-state index contributed by atoms with van der Waals surface area (Å²) in [5.74, 6) is 0.736. The summed E-state index contributed by atoms with van der Waals surface area (Å²) in [5, 5.41) is 0. The predicted molar refractivity (Wildman–Crippen MR) is 33.2 cm³/mol. The molecule has 40 valence electrons. The van der Waals surface area contributed by atoms with Gasteiger partial charge in [0.25, 0.3) is 0 Å². The molecule has 0 radical (unpaired) electrons. The summed E-state index contributed by atoms with van der Waals surface area (Å²) in [4.78, 5) is 0. The quantitative estimate of drug-likeness (QED) is 0.398. The smallest absolute Gasteiger partial charge is 1.00 e. The monoisotopic (exact) mass is 118 g/mol. The van der Waals surface area contributed by atoms with Crippen LogP contribution in [0.25, 0.3) is 0 Å². The van der Waals surface area contributed by atoms with Crippen molar-refractivity contribution < 1.29 is 31.0 Å². The molecule has 1 rings (SSSR count). The summed E-state index contributed by atoms with van der Waals surface area (Å²) in [6.07, 6.45) is 9.90. The normalized spacial score (nSPS) is 16.6. The van der Waals surface area contributed by atoms with Gasteiger partial charge in [0.15, 0.2) is 0 Å². The van der Waals surface area contributed by atoms with E-state index in [1.165, 1.54) is 6.42 Å². The Bertz CT molecular complexity index is 95.5. The number of allylic oxidation sites excluding steroid dienone is 4. The average molecular weight is 118 g/mol. The van der Waals surface area contributed by atoms with Gasteiger partial charge >= 0.3 is 29.6 Å². The molecule has 1 aliphatic carbocycles. The summed E-state index contributed by atoms with van der Waals surface area (Å²) in [6, 6.07) is 0. The minimum absolute atomic E-state index is 0. The molecule has 0 saturated heterocycles. The van der Waals surface area contributed by atoms with Crippen molar-refractivity contribution in [2.24, 2.45) is 5.92 Å². The zero-order valence-corrected chi connectivity index (χ0v) is 7.59. The van der Waals surface area contributed by atoms with E-state index in [-0.39, 0.29) is 31.0 Å². The molecule has 8 heavy (non-hydrogen) atoms. The van der Waals surface area contributed by atoms with Crippen LogP contribution in [-0.2, 0) is 0 Å². The first-order chi connectivity index (χ1) is 3.43. The van der Waals surface area contributed by atoms with Crippen LogP contribution in [0.3, 0.4) is 0 Å². The van der Waals surface area contributed by atoms with Crippen molar-refractivity contribution in [3.8, 4) is 0 Å². The Morgan fingerprint density at radius 1 is 1.38 bits per heavy atom. The maximum Gasteiger partial charge on any atom is 1.00 e. The van der Waals surface area contributed by atoms with Crippen LogP contribution in [0, 0.1) is 5.92 Å². The number of hydrogen-bond acceptors (Lipinski definition) is 0. The summed E-state index contributed by atoms with van der Waals surface area (Å²) >= 11 is 0. The van der Waals surface area contributed by atoms with E-state index in [9.17, 15) is 0 Å². The Kier molecular flexibility index (Phi) is 4.63. The molecule has 0 fully saturated rings. The van der Waals surface area contributed by atoms with E-state index in [0.29, 0.717) is 0 Å². The van der Waals surface area contributed by atoms with Crippen LogP contribution in [0.2, 0.25) is 0 Å². The second kappa shape index (κ2) is 4.37. The number of rotatable bonds is 1. The molecular formula is C7H11Na. The van der Waals surface area contributed by atoms with Crippen molar-refractivity contribution in [1.82, 2.24) is 0 Å². The fraction of sp³-hybridized carbons (Fsp3) is 0.429. The van der Waals surface area contributed by atoms with E-state index in [2.05, 4.69) is 31.2 Å². The second-order valence-electron chi connectivity index (χ2n) is 1.84.